The van der Waals surface area contributed by atoms with E-state index >= 15 is 0 Å². The first-order chi connectivity index (χ1) is 10.8. The van der Waals surface area contributed by atoms with E-state index in [2.05, 4.69) is 14.8 Å². The Morgan fingerprint density at radius 1 is 1.22 bits per heavy atom. The lowest BCUT2D eigenvalue weighted by molar-refractivity contribution is -0.690. The molecule has 2 aromatic rings. The lowest BCUT2D eigenvalue weighted by Gasteiger charge is -2.06. The maximum Gasteiger partial charge on any atom is 0.586 e. The molecule has 0 atom stereocenters. The van der Waals surface area contributed by atoms with E-state index in [-0.39, 0.29) is 24.0 Å². The highest BCUT2D eigenvalue weighted by molar-refractivity contribution is 5.90. The molecule has 0 bridgehead atoms. The van der Waals surface area contributed by atoms with Crippen molar-refractivity contribution < 1.29 is 27.6 Å². The number of rotatable bonds is 3. The van der Waals surface area contributed by atoms with Crippen LogP contribution in [0.1, 0.15) is 11.3 Å². The van der Waals surface area contributed by atoms with Crippen molar-refractivity contribution in [2.45, 2.75) is 26.7 Å². The summed E-state index contributed by atoms with van der Waals surface area (Å²) in [5.74, 6) is -0.432. The maximum atomic E-state index is 13.0. The van der Waals surface area contributed by atoms with Gasteiger partial charge in [0, 0.05) is 30.3 Å². The van der Waals surface area contributed by atoms with Crippen molar-refractivity contribution in [2.75, 3.05) is 5.32 Å². The molecule has 23 heavy (non-hydrogen) atoms. The number of hydrogen-bond acceptors (Lipinski definition) is 3. The molecular formula is C16H15F2N2O3+. The van der Waals surface area contributed by atoms with Crippen molar-refractivity contribution in [1.29, 1.82) is 0 Å². The van der Waals surface area contributed by atoms with Gasteiger partial charge in [0.25, 0.3) is 5.91 Å². The van der Waals surface area contributed by atoms with Gasteiger partial charge in [0.1, 0.15) is 0 Å². The number of amides is 1. The number of carbonyl (C=O) groups is 1. The Labute approximate surface area is 131 Å². The van der Waals surface area contributed by atoms with Crippen LogP contribution in [0.3, 0.4) is 0 Å². The number of alkyl halides is 2. The molecule has 0 saturated heterocycles. The average molecular weight is 321 g/mol. The number of carbonyl (C=O) groups excluding carboxylic acids is 1. The second kappa shape index (κ2) is 5.49. The molecule has 0 saturated carbocycles. The van der Waals surface area contributed by atoms with Gasteiger partial charge in [-0.3, -0.25) is 4.79 Å². The van der Waals surface area contributed by atoms with Crippen LogP contribution >= 0.6 is 0 Å². The highest BCUT2D eigenvalue weighted by Gasteiger charge is 2.43. The molecule has 5 nitrogen and oxygen atoms in total. The van der Waals surface area contributed by atoms with Crippen LogP contribution in [0.2, 0.25) is 0 Å². The number of aromatic nitrogens is 1. The van der Waals surface area contributed by atoms with Gasteiger partial charge in [-0.15, -0.1) is 8.78 Å². The van der Waals surface area contributed by atoms with Gasteiger partial charge in [-0.2, -0.15) is 4.57 Å². The van der Waals surface area contributed by atoms with Crippen LogP contribution in [0.4, 0.5) is 14.5 Å². The Bertz CT molecular complexity index is 778. The lowest BCUT2D eigenvalue weighted by Crippen LogP contribution is -2.43. The first-order valence-corrected chi connectivity index (χ1v) is 6.99. The number of hydrogen-bond donors (Lipinski definition) is 1. The number of pyridine rings is 1. The number of nitrogens with zero attached hydrogens (tertiary/aromatic N) is 1. The number of nitrogens with one attached hydrogen (secondary N) is 1. The van der Waals surface area contributed by atoms with Crippen LogP contribution < -0.4 is 19.4 Å². The van der Waals surface area contributed by atoms with Gasteiger partial charge in [-0.25, -0.2) is 0 Å². The highest BCUT2D eigenvalue weighted by Crippen LogP contribution is 2.42. The van der Waals surface area contributed by atoms with Crippen LogP contribution in [-0.2, 0) is 11.3 Å². The average Bonchev–Trinajstić information content (AvgIpc) is 2.77. The Morgan fingerprint density at radius 3 is 2.74 bits per heavy atom. The highest BCUT2D eigenvalue weighted by atomic mass is 19.3. The fourth-order valence-electron chi connectivity index (χ4n) is 2.30. The zero-order chi connectivity index (χ0) is 16.6. The molecule has 7 heteroatoms. The normalized spacial score (nSPS) is 14.6. The van der Waals surface area contributed by atoms with Crippen molar-refractivity contribution >= 4 is 11.6 Å². The Balaban J connectivity index is 1.71. The van der Waals surface area contributed by atoms with E-state index in [4.69, 9.17) is 0 Å². The third-order valence-electron chi connectivity index (χ3n) is 3.61. The van der Waals surface area contributed by atoms with E-state index in [0.717, 1.165) is 11.3 Å². The molecule has 2 heterocycles. The summed E-state index contributed by atoms with van der Waals surface area (Å²) in [5.41, 5.74) is 2.42. The van der Waals surface area contributed by atoms with Gasteiger partial charge in [-0.05, 0) is 25.1 Å². The number of halogens is 2. The second-order valence-electron chi connectivity index (χ2n) is 5.28. The summed E-state index contributed by atoms with van der Waals surface area (Å²) in [4.78, 5) is 12.1. The van der Waals surface area contributed by atoms with Crippen molar-refractivity contribution in [2.24, 2.45) is 0 Å². The smallest absolute Gasteiger partial charge is 0.395 e. The third kappa shape index (κ3) is 3.23. The largest absolute Gasteiger partial charge is 0.586 e. The molecule has 1 aliphatic rings. The van der Waals surface area contributed by atoms with Crippen LogP contribution in [-0.4, -0.2) is 12.2 Å². The Kier molecular flexibility index (Phi) is 3.63. The minimum atomic E-state index is -3.67. The van der Waals surface area contributed by atoms with Crippen molar-refractivity contribution in [3.8, 4) is 11.5 Å². The fraction of sp³-hybridized carbons (Fsp3) is 0.250. The Hall–Kier alpha value is -2.70. The summed E-state index contributed by atoms with van der Waals surface area (Å²) in [7, 11) is 0. The fourth-order valence-corrected chi connectivity index (χ4v) is 2.30. The van der Waals surface area contributed by atoms with E-state index < -0.39 is 6.29 Å². The molecule has 120 valence electrons. The number of anilines is 1. The summed E-state index contributed by atoms with van der Waals surface area (Å²) in [5, 5.41) is 2.65. The van der Waals surface area contributed by atoms with E-state index in [0.29, 0.717) is 5.69 Å². The first-order valence-electron chi connectivity index (χ1n) is 6.99. The van der Waals surface area contributed by atoms with Crippen LogP contribution in [0.15, 0.2) is 36.5 Å². The summed E-state index contributed by atoms with van der Waals surface area (Å²) in [6, 6.07) is 7.94. The van der Waals surface area contributed by atoms with Gasteiger partial charge in [0.15, 0.2) is 23.4 Å². The van der Waals surface area contributed by atoms with Gasteiger partial charge in [0.2, 0.25) is 6.54 Å². The molecule has 0 radical (unpaired) electrons. The van der Waals surface area contributed by atoms with Crippen LogP contribution in [0.25, 0.3) is 0 Å². The number of benzene rings is 1. The molecule has 1 amide bonds. The molecule has 0 fully saturated rings. The molecule has 0 aliphatic carbocycles. The number of fused-ring (bicyclic) bond motifs is 1. The van der Waals surface area contributed by atoms with Gasteiger partial charge >= 0.3 is 6.29 Å². The SMILES string of the molecule is Cc1ccc[n+](CC(=O)Nc2ccc3c(c2)OC(F)(F)O3)c1C. The van der Waals surface area contributed by atoms with Gasteiger partial charge in [-0.1, -0.05) is 0 Å². The van der Waals surface area contributed by atoms with Crippen LogP contribution in [0, 0.1) is 13.8 Å². The molecule has 1 aliphatic heterocycles. The molecule has 0 spiro atoms. The van der Waals surface area contributed by atoms with E-state index in [1.807, 2.05) is 36.7 Å². The van der Waals surface area contributed by atoms with Crippen molar-refractivity contribution in [3.05, 3.63) is 47.8 Å². The minimum Gasteiger partial charge on any atom is -0.395 e. The molecule has 3 rings (SSSR count). The van der Waals surface area contributed by atoms with Gasteiger partial charge < -0.3 is 14.8 Å². The summed E-state index contributed by atoms with van der Waals surface area (Å²) >= 11 is 0. The number of aryl methyl sites for hydroxylation is 1. The number of ether oxygens (including phenoxy) is 2. The summed E-state index contributed by atoms with van der Waals surface area (Å²) in [6.07, 6.45) is -1.86. The monoisotopic (exact) mass is 321 g/mol. The zero-order valence-corrected chi connectivity index (χ0v) is 12.6. The Morgan fingerprint density at radius 2 is 1.96 bits per heavy atom. The predicted molar refractivity (Wildman–Crippen MR) is 77.4 cm³/mol. The molecule has 1 aromatic heterocycles. The second-order valence-corrected chi connectivity index (χ2v) is 5.28. The minimum absolute atomic E-state index is 0.0584. The summed E-state index contributed by atoms with van der Waals surface area (Å²) in [6.45, 7) is 4.01. The van der Waals surface area contributed by atoms with E-state index in [9.17, 15) is 13.6 Å². The molecular weight excluding hydrogens is 306 g/mol. The predicted octanol–water partition coefficient (Wildman–Crippen LogP) is 2.55. The van der Waals surface area contributed by atoms with Crippen molar-refractivity contribution in [1.82, 2.24) is 0 Å². The lowest BCUT2D eigenvalue weighted by atomic mass is 10.2. The first kappa shape index (κ1) is 15.2. The molecule has 1 aromatic carbocycles. The quantitative estimate of drug-likeness (QED) is 0.884. The topological polar surface area (TPSA) is 51.4 Å². The van der Waals surface area contributed by atoms with Crippen LogP contribution in [0.5, 0.6) is 11.5 Å². The van der Waals surface area contributed by atoms with E-state index in [1.165, 1.54) is 18.2 Å². The zero-order valence-electron chi connectivity index (χ0n) is 12.6. The van der Waals surface area contributed by atoms with Gasteiger partial charge in [0.05, 0.1) is 0 Å². The maximum absolute atomic E-state index is 13.0. The molecule has 1 N–H and O–H groups in total. The molecule has 0 unspecified atom stereocenters. The van der Waals surface area contributed by atoms with Crippen molar-refractivity contribution in [3.63, 3.8) is 0 Å². The third-order valence-corrected chi connectivity index (χ3v) is 3.61. The standard InChI is InChI=1S/C16H14F2N2O3/c1-10-4-3-7-20(11(10)2)9-15(21)19-12-5-6-13-14(8-12)23-16(17,18)22-13/h3-8H,9H2,1-2H3/p+1. The van der Waals surface area contributed by atoms with E-state index in [1.54, 1.807) is 0 Å². The summed E-state index contributed by atoms with van der Waals surface area (Å²) < 4.78 is 36.4.